The minimum Gasteiger partial charge on any atom is -0.236 e. The fraction of sp³-hybridized carbons (Fsp3) is 0.300. The van der Waals surface area contributed by atoms with E-state index >= 15 is 0 Å². The first kappa shape index (κ1) is 19.4. The topological polar surface area (TPSA) is 39.1 Å². The van der Waals surface area contributed by atoms with Crippen LogP contribution in [0.25, 0.3) is 10.9 Å². The van der Waals surface area contributed by atoms with Crippen LogP contribution >= 0.6 is 23.5 Å². The number of hydrogen-bond acceptors (Lipinski definition) is 4. The maximum atomic E-state index is 13.5. The average molecular weight is 406 g/mol. The van der Waals surface area contributed by atoms with Crippen molar-refractivity contribution in [3.8, 4) is 0 Å². The van der Waals surface area contributed by atoms with Crippen LogP contribution in [0.2, 0.25) is 0 Å². The fourth-order valence-corrected chi connectivity index (χ4v) is 7.63. The largest absolute Gasteiger partial charge is 0.268 e. The molecular formula is C20H23NO2S3. The van der Waals surface area contributed by atoms with E-state index in [2.05, 4.69) is 20.8 Å². The summed E-state index contributed by atoms with van der Waals surface area (Å²) in [4.78, 5) is 0.313. The third-order valence-corrected chi connectivity index (χ3v) is 8.80. The molecule has 0 radical (unpaired) electrons. The molecule has 0 saturated carbocycles. The monoisotopic (exact) mass is 405 g/mol. The Morgan fingerprint density at radius 1 is 0.923 bits per heavy atom. The zero-order chi connectivity index (χ0) is 18.8. The van der Waals surface area contributed by atoms with E-state index in [9.17, 15) is 8.42 Å². The number of rotatable bonds is 7. The van der Waals surface area contributed by atoms with Gasteiger partial charge in [-0.25, -0.2) is 12.4 Å². The highest BCUT2D eigenvalue weighted by molar-refractivity contribution is 8.17. The number of para-hydroxylation sites is 1. The second kappa shape index (κ2) is 7.71. The van der Waals surface area contributed by atoms with Gasteiger partial charge in [-0.3, -0.25) is 0 Å². The van der Waals surface area contributed by atoms with Gasteiger partial charge < -0.3 is 0 Å². The highest BCUT2D eigenvalue weighted by atomic mass is 32.2. The Labute approximate surface area is 164 Å². The summed E-state index contributed by atoms with van der Waals surface area (Å²) in [5, 5.41) is 0.946. The third kappa shape index (κ3) is 3.42. The lowest BCUT2D eigenvalue weighted by Gasteiger charge is -2.29. The summed E-state index contributed by atoms with van der Waals surface area (Å²) in [6.07, 6.45) is 0. The Morgan fingerprint density at radius 2 is 1.50 bits per heavy atom. The predicted octanol–water partition coefficient (Wildman–Crippen LogP) is 5.56. The summed E-state index contributed by atoms with van der Waals surface area (Å²) in [5.41, 5.74) is 1.55. The first-order chi connectivity index (χ1) is 12.4. The Hall–Kier alpha value is -1.37. The van der Waals surface area contributed by atoms with Gasteiger partial charge in [0.2, 0.25) is 0 Å². The minimum atomic E-state index is -3.68. The number of benzene rings is 2. The van der Waals surface area contributed by atoms with E-state index in [0.29, 0.717) is 4.90 Å². The molecule has 138 valence electrons. The van der Waals surface area contributed by atoms with Crippen molar-refractivity contribution in [2.75, 3.05) is 11.5 Å². The first-order valence-corrected chi connectivity index (χ1v) is 12.0. The van der Waals surface area contributed by atoms with Gasteiger partial charge in [-0.05, 0) is 42.7 Å². The molecule has 3 aromatic rings. The minimum absolute atomic E-state index is 0.313. The molecule has 0 atom stereocenters. The van der Waals surface area contributed by atoms with Crippen LogP contribution in [0.1, 0.15) is 26.5 Å². The maximum Gasteiger partial charge on any atom is 0.268 e. The van der Waals surface area contributed by atoms with E-state index in [4.69, 9.17) is 0 Å². The van der Waals surface area contributed by atoms with E-state index in [1.54, 1.807) is 51.8 Å². The second-order valence-corrected chi connectivity index (χ2v) is 11.4. The van der Waals surface area contributed by atoms with Gasteiger partial charge in [-0.1, -0.05) is 50.2 Å². The lowest BCUT2D eigenvalue weighted by molar-refractivity contribution is 0.586. The lowest BCUT2D eigenvalue weighted by atomic mass is 10.2. The average Bonchev–Trinajstić information content (AvgIpc) is 3.04. The molecule has 26 heavy (non-hydrogen) atoms. The number of aromatic nitrogens is 1. The SMILES string of the molecule is CCSC(C)(SCC)c1cc2ccccc2n1S(=O)(=O)c1ccccc1. The standard InChI is InChI=1S/C20H23NO2S3/c1-4-24-20(3,25-5-2)19-15-16-11-9-10-14-18(16)21(19)26(22,23)17-12-7-6-8-13-17/h6-15H,4-5H2,1-3H3. The smallest absolute Gasteiger partial charge is 0.236 e. The van der Waals surface area contributed by atoms with Crippen molar-refractivity contribution in [1.29, 1.82) is 0 Å². The van der Waals surface area contributed by atoms with E-state index in [1.165, 1.54) is 0 Å². The fourth-order valence-electron chi connectivity index (χ4n) is 3.14. The molecule has 0 aliphatic heterocycles. The van der Waals surface area contributed by atoms with Crippen LogP contribution in [0.15, 0.2) is 65.6 Å². The van der Waals surface area contributed by atoms with Crippen molar-refractivity contribution in [2.45, 2.75) is 29.7 Å². The van der Waals surface area contributed by atoms with Crippen molar-refractivity contribution >= 4 is 44.4 Å². The molecule has 1 aromatic heterocycles. The lowest BCUT2D eigenvalue weighted by Crippen LogP contribution is -2.24. The van der Waals surface area contributed by atoms with Crippen LogP contribution in [0, 0.1) is 0 Å². The van der Waals surface area contributed by atoms with Crippen LogP contribution in [-0.4, -0.2) is 23.9 Å². The number of thioether (sulfide) groups is 2. The van der Waals surface area contributed by atoms with Gasteiger partial charge in [-0.2, -0.15) is 0 Å². The molecule has 3 nitrogen and oxygen atoms in total. The highest BCUT2D eigenvalue weighted by Crippen LogP contribution is 2.48. The molecule has 2 aromatic carbocycles. The Balaban J connectivity index is 2.34. The van der Waals surface area contributed by atoms with Crippen LogP contribution < -0.4 is 0 Å². The second-order valence-electron chi connectivity index (χ2n) is 5.98. The van der Waals surface area contributed by atoms with Gasteiger partial charge in [0.1, 0.15) is 0 Å². The van der Waals surface area contributed by atoms with Gasteiger partial charge in [0.25, 0.3) is 10.0 Å². The zero-order valence-electron chi connectivity index (χ0n) is 15.2. The molecule has 6 heteroatoms. The van der Waals surface area contributed by atoms with Crippen LogP contribution in [0.3, 0.4) is 0 Å². The van der Waals surface area contributed by atoms with Crippen LogP contribution in [-0.2, 0) is 14.1 Å². The molecule has 0 saturated heterocycles. The molecule has 0 bridgehead atoms. The summed E-state index contributed by atoms with van der Waals surface area (Å²) in [7, 11) is -3.68. The zero-order valence-corrected chi connectivity index (χ0v) is 17.6. The molecule has 0 N–H and O–H groups in total. The summed E-state index contributed by atoms with van der Waals surface area (Å²) >= 11 is 3.55. The Bertz CT molecular complexity index is 988. The summed E-state index contributed by atoms with van der Waals surface area (Å²) in [5.74, 6) is 1.83. The Kier molecular flexibility index (Phi) is 5.75. The first-order valence-electron chi connectivity index (χ1n) is 8.63. The van der Waals surface area contributed by atoms with Gasteiger partial charge in [-0.15, -0.1) is 23.5 Å². The van der Waals surface area contributed by atoms with E-state index < -0.39 is 10.0 Å². The number of nitrogens with zero attached hydrogens (tertiary/aromatic N) is 1. The predicted molar refractivity (Wildman–Crippen MR) is 115 cm³/mol. The Morgan fingerprint density at radius 3 is 2.12 bits per heavy atom. The normalized spacial score (nSPS) is 12.6. The molecule has 1 heterocycles. The molecular weight excluding hydrogens is 382 g/mol. The van der Waals surface area contributed by atoms with Crippen molar-refractivity contribution in [3.63, 3.8) is 0 Å². The molecule has 0 aliphatic rings. The highest BCUT2D eigenvalue weighted by Gasteiger charge is 2.35. The molecule has 0 unspecified atom stereocenters. The third-order valence-electron chi connectivity index (χ3n) is 4.25. The van der Waals surface area contributed by atoms with Gasteiger partial charge >= 0.3 is 0 Å². The molecule has 0 amide bonds. The summed E-state index contributed by atoms with van der Waals surface area (Å²) < 4.78 is 28.3. The molecule has 0 fully saturated rings. The van der Waals surface area contributed by atoms with E-state index in [0.717, 1.165) is 28.1 Å². The van der Waals surface area contributed by atoms with Crippen molar-refractivity contribution in [3.05, 3.63) is 66.4 Å². The summed E-state index contributed by atoms with van der Waals surface area (Å²) in [6.45, 7) is 6.34. The van der Waals surface area contributed by atoms with E-state index in [1.807, 2.05) is 36.4 Å². The van der Waals surface area contributed by atoms with Gasteiger partial charge in [0, 0.05) is 5.39 Å². The number of hydrogen-bond donors (Lipinski definition) is 0. The van der Waals surface area contributed by atoms with Crippen molar-refractivity contribution < 1.29 is 8.42 Å². The molecule has 0 spiro atoms. The van der Waals surface area contributed by atoms with Crippen molar-refractivity contribution in [1.82, 2.24) is 3.97 Å². The summed E-state index contributed by atoms with van der Waals surface area (Å²) in [6, 6.07) is 18.4. The van der Waals surface area contributed by atoms with Gasteiger partial charge in [0.05, 0.1) is 20.2 Å². The van der Waals surface area contributed by atoms with Gasteiger partial charge in [0.15, 0.2) is 0 Å². The van der Waals surface area contributed by atoms with Crippen molar-refractivity contribution in [2.24, 2.45) is 0 Å². The van der Waals surface area contributed by atoms with Crippen LogP contribution in [0.4, 0.5) is 0 Å². The maximum absolute atomic E-state index is 13.5. The van der Waals surface area contributed by atoms with E-state index in [-0.39, 0.29) is 4.08 Å². The van der Waals surface area contributed by atoms with Crippen LogP contribution in [0.5, 0.6) is 0 Å². The molecule has 0 aliphatic carbocycles. The molecule has 3 rings (SSSR count). The number of fused-ring (bicyclic) bond motifs is 1. The quantitative estimate of drug-likeness (QED) is 0.483.